The van der Waals surface area contributed by atoms with Crippen molar-refractivity contribution in [3.8, 4) is 5.75 Å². The summed E-state index contributed by atoms with van der Waals surface area (Å²) in [6.45, 7) is 5.60. The number of halogens is 1. The van der Waals surface area contributed by atoms with E-state index in [2.05, 4.69) is 5.32 Å². The monoisotopic (exact) mass is 351 g/mol. The number of nitrogens with one attached hydrogen (secondary N) is 1. The van der Waals surface area contributed by atoms with Crippen LogP contribution in [-0.2, 0) is 9.59 Å². The van der Waals surface area contributed by atoms with Gasteiger partial charge in [-0.2, -0.15) is 0 Å². The molecule has 138 valence electrons. The van der Waals surface area contributed by atoms with Crippen LogP contribution in [0, 0.1) is 11.7 Å². The van der Waals surface area contributed by atoms with E-state index in [4.69, 9.17) is 10.5 Å². The predicted octanol–water partition coefficient (Wildman–Crippen LogP) is 1.60. The lowest BCUT2D eigenvalue weighted by atomic mass is 9.95. The maximum absolute atomic E-state index is 14.0. The molecular weight excluding hydrogens is 325 g/mol. The maximum Gasteiger partial charge on any atom is 0.231 e. The predicted molar refractivity (Wildman–Crippen MR) is 92.5 cm³/mol. The molecule has 6 nitrogen and oxygen atoms in total. The normalized spacial score (nSPS) is 17.1. The van der Waals surface area contributed by atoms with E-state index in [9.17, 15) is 14.0 Å². The fourth-order valence-corrected chi connectivity index (χ4v) is 3.05. The van der Waals surface area contributed by atoms with Crippen molar-refractivity contribution in [1.29, 1.82) is 0 Å². The molecule has 1 saturated heterocycles. The summed E-state index contributed by atoms with van der Waals surface area (Å²) < 4.78 is 19.1. The molecule has 0 aromatic heterocycles. The fourth-order valence-electron chi connectivity index (χ4n) is 3.05. The Balaban J connectivity index is 1.88. The Morgan fingerprint density at radius 3 is 2.64 bits per heavy atom. The van der Waals surface area contributed by atoms with E-state index in [0.717, 1.165) is 0 Å². The number of nitrogens with zero attached hydrogens (tertiary/aromatic N) is 1. The molecule has 2 rings (SSSR count). The molecule has 25 heavy (non-hydrogen) atoms. The van der Waals surface area contributed by atoms with Crippen LogP contribution in [0.15, 0.2) is 18.2 Å². The molecule has 1 aliphatic rings. The van der Waals surface area contributed by atoms with Crippen molar-refractivity contribution >= 4 is 11.8 Å². The van der Waals surface area contributed by atoms with Crippen LogP contribution in [0.3, 0.4) is 0 Å². The largest absolute Gasteiger partial charge is 0.491 e. The van der Waals surface area contributed by atoms with Gasteiger partial charge in [0.25, 0.3) is 0 Å². The van der Waals surface area contributed by atoms with Gasteiger partial charge in [-0.05, 0) is 57.5 Å². The quantitative estimate of drug-likeness (QED) is 0.781. The topological polar surface area (TPSA) is 84.7 Å². The molecule has 0 saturated carbocycles. The Bertz CT molecular complexity index is 616. The van der Waals surface area contributed by atoms with Crippen molar-refractivity contribution in [2.24, 2.45) is 11.7 Å². The van der Waals surface area contributed by atoms with Crippen molar-refractivity contribution in [1.82, 2.24) is 10.2 Å². The molecule has 1 aromatic rings. The Morgan fingerprint density at radius 1 is 1.40 bits per heavy atom. The number of carbonyl (C=O) groups is 2. The highest BCUT2D eigenvalue weighted by atomic mass is 19.1. The van der Waals surface area contributed by atoms with Gasteiger partial charge in [-0.25, -0.2) is 4.39 Å². The van der Waals surface area contributed by atoms with Gasteiger partial charge in [-0.1, -0.05) is 6.07 Å². The van der Waals surface area contributed by atoms with Crippen molar-refractivity contribution < 1.29 is 18.7 Å². The Kier molecular flexibility index (Phi) is 6.75. The lowest BCUT2D eigenvalue weighted by molar-refractivity contribution is -0.127. The first kappa shape index (κ1) is 19.2. The van der Waals surface area contributed by atoms with Crippen LogP contribution in [0.1, 0.15) is 38.3 Å². The smallest absolute Gasteiger partial charge is 0.231 e. The standard InChI is InChI=1S/C18H26FN3O3/c1-3-25-16-5-4-14(10-15(16)19)12(2)21-18(24)13-6-8-22(9-7-13)11-17(20)23/h4-5,10,12-13H,3,6-9,11H2,1-2H3,(H2,20,23)(H,21,24)/t12-/m0/s1. The van der Waals surface area contributed by atoms with Crippen molar-refractivity contribution in [3.05, 3.63) is 29.6 Å². The first-order chi connectivity index (χ1) is 11.9. The molecule has 2 amide bonds. The minimum absolute atomic E-state index is 0.0412. The van der Waals surface area contributed by atoms with Gasteiger partial charge in [0.05, 0.1) is 19.2 Å². The summed E-state index contributed by atoms with van der Waals surface area (Å²) in [5.41, 5.74) is 5.89. The molecule has 1 aliphatic heterocycles. The average molecular weight is 351 g/mol. The van der Waals surface area contributed by atoms with Gasteiger partial charge in [0.2, 0.25) is 11.8 Å². The van der Waals surface area contributed by atoms with Crippen molar-refractivity contribution in [2.45, 2.75) is 32.7 Å². The number of rotatable bonds is 7. The van der Waals surface area contributed by atoms with Gasteiger partial charge in [0.1, 0.15) is 0 Å². The van der Waals surface area contributed by atoms with Crippen LogP contribution in [0.25, 0.3) is 0 Å². The van der Waals surface area contributed by atoms with E-state index >= 15 is 0 Å². The summed E-state index contributed by atoms with van der Waals surface area (Å²) in [7, 11) is 0. The molecule has 0 spiro atoms. The number of ether oxygens (including phenoxy) is 1. The third kappa shape index (κ3) is 5.42. The number of carbonyl (C=O) groups excluding carboxylic acids is 2. The molecule has 0 aliphatic carbocycles. The highest BCUT2D eigenvalue weighted by Crippen LogP contribution is 2.23. The molecule has 1 fully saturated rings. The van der Waals surface area contributed by atoms with Crippen LogP contribution in [0.2, 0.25) is 0 Å². The molecule has 3 N–H and O–H groups in total. The average Bonchev–Trinajstić information content (AvgIpc) is 2.56. The number of likely N-dealkylation sites (tertiary alicyclic amines) is 1. The van der Waals surface area contributed by atoms with Crippen LogP contribution >= 0.6 is 0 Å². The summed E-state index contributed by atoms with van der Waals surface area (Å²) in [4.78, 5) is 25.3. The van der Waals surface area contributed by atoms with E-state index in [1.807, 2.05) is 11.8 Å². The van der Waals surface area contributed by atoms with Crippen LogP contribution < -0.4 is 15.8 Å². The second-order valence-electron chi connectivity index (χ2n) is 6.37. The lowest BCUT2D eigenvalue weighted by Gasteiger charge is -2.31. The molecule has 7 heteroatoms. The van der Waals surface area contributed by atoms with Gasteiger partial charge < -0.3 is 15.8 Å². The van der Waals surface area contributed by atoms with E-state index < -0.39 is 5.82 Å². The van der Waals surface area contributed by atoms with Crippen LogP contribution in [0.4, 0.5) is 4.39 Å². The first-order valence-electron chi connectivity index (χ1n) is 8.64. The van der Waals surface area contributed by atoms with E-state index in [-0.39, 0.29) is 36.1 Å². The van der Waals surface area contributed by atoms with Gasteiger partial charge in [0.15, 0.2) is 11.6 Å². The van der Waals surface area contributed by atoms with Gasteiger partial charge in [0, 0.05) is 5.92 Å². The minimum atomic E-state index is -0.430. The fraction of sp³-hybridized carbons (Fsp3) is 0.556. The molecule has 0 radical (unpaired) electrons. The van der Waals surface area contributed by atoms with Crippen molar-refractivity contribution in [3.63, 3.8) is 0 Å². The Hall–Kier alpha value is -2.15. The summed E-state index contributed by atoms with van der Waals surface area (Å²) in [5.74, 6) is -0.708. The molecule has 1 atom stereocenters. The van der Waals surface area contributed by atoms with Crippen LogP contribution in [0.5, 0.6) is 5.75 Å². The molecular formula is C18H26FN3O3. The van der Waals surface area contributed by atoms with Gasteiger partial charge >= 0.3 is 0 Å². The number of hydrogen-bond donors (Lipinski definition) is 2. The van der Waals surface area contributed by atoms with Crippen LogP contribution in [-0.4, -0.2) is 43.0 Å². The zero-order chi connectivity index (χ0) is 18.4. The minimum Gasteiger partial charge on any atom is -0.491 e. The highest BCUT2D eigenvalue weighted by Gasteiger charge is 2.26. The zero-order valence-electron chi connectivity index (χ0n) is 14.8. The number of amides is 2. The third-order valence-corrected chi connectivity index (χ3v) is 4.45. The second-order valence-corrected chi connectivity index (χ2v) is 6.37. The Morgan fingerprint density at radius 2 is 2.08 bits per heavy atom. The Labute approximate surface area is 147 Å². The number of nitrogens with two attached hydrogens (primary N) is 1. The van der Waals surface area contributed by atoms with Gasteiger partial charge in [-0.3, -0.25) is 14.5 Å². The molecule has 1 aromatic carbocycles. The zero-order valence-corrected chi connectivity index (χ0v) is 14.8. The molecule has 0 unspecified atom stereocenters. The van der Waals surface area contributed by atoms with E-state index in [0.29, 0.717) is 38.1 Å². The highest BCUT2D eigenvalue weighted by molar-refractivity contribution is 5.79. The van der Waals surface area contributed by atoms with Gasteiger partial charge in [-0.15, -0.1) is 0 Å². The second kappa shape index (κ2) is 8.80. The summed E-state index contributed by atoms with van der Waals surface area (Å²) in [6.07, 6.45) is 1.37. The van der Waals surface area contributed by atoms with E-state index in [1.54, 1.807) is 19.1 Å². The molecule has 0 bridgehead atoms. The summed E-state index contributed by atoms with van der Waals surface area (Å²) in [6, 6.07) is 4.44. The SMILES string of the molecule is CCOc1ccc([C@H](C)NC(=O)C2CCN(CC(N)=O)CC2)cc1F. The molecule has 1 heterocycles. The number of hydrogen-bond acceptors (Lipinski definition) is 4. The van der Waals surface area contributed by atoms with Crippen molar-refractivity contribution in [2.75, 3.05) is 26.2 Å². The third-order valence-electron chi connectivity index (χ3n) is 4.45. The maximum atomic E-state index is 14.0. The number of benzene rings is 1. The number of primary amides is 1. The first-order valence-corrected chi connectivity index (χ1v) is 8.64. The van der Waals surface area contributed by atoms with E-state index in [1.165, 1.54) is 6.07 Å². The number of piperidine rings is 1. The summed E-state index contributed by atoms with van der Waals surface area (Å²) >= 11 is 0. The summed E-state index contributed by atoms with van der Waals surface area (Å²) in [5, 5.41) is 2.94. The lowest BCUT2D eigenvalue weighted by Crippen LogP contribution is -2.43.